The van der Waals surface area contributed by atoms with Gasteiger partial charge in [0.05, 0.1) is 11.2 Å². The molecular formula is C15H20INO2. The summed E-state index contributed by atoms with van der Waals surface area (Å²) < 4.78 is 6.55. The van der Waals surface area contributed by atoms with Crippen molar-refractivity contribution >= 4 is 28.5 Å². The van der Waals surface area contributed by atoms with Gasteiger partial charge in [0.15, 0.2) is 0 Å². The highest BCUT2D eigenvalue weighted by Crippen LogP contribution is 2.51. The van der Waals surface area contributed by atoms with E-state index in [9.17, 15) is 4.79 Å². The van der Waals surface area contributed by atoms with Gasteiger partial charge in [-0.15, -0.1) is 0 Å². The summed E-state index contributed by atoms with van der Waals surface area (Å²) >= 11 is 2.19. The molecule has 1 aromatic rings. The first-order chi connectivity index (χ1) is 8.82. The highest BCUT2D eigenvalue weighted by Gasteiger charge is 2.58. The van der Waals surface area contributed by atoms with E-state index in [2.05, 4.69) is 48.7 Å². The minimum Gasteiger partial charge on any atom is -0.378 e. The third kappa shape index (κ3) is 2.40. The van der Waals surface area contributed by atoms with E-state index in [-0.39, 0.29) is 23.0 Å². The van der Waals surface area contributed by atoms with Crippen molar-refractivity contribution in [2.24, 2.45) is 5.41 Å². The second kappa shape index (κ2) is 5.05. The molecule has 0 saturated heterocycles. The van der Waals surface area contributed by atoms with Gasteiger partial charge in [-0.2, -0.15) is 0 Å². The minimum atomic E-state index is -0.158. The van der Waals surface area contributed by atoms with E-state index in [0.29, 0.717) is 0 Å². The Morgan fingerprint density at radius 3 is 2.53 bits per heavy atom. The lowest BCUT2D eigenvalue weighted by molar-refractivity contribution is -0.177. The number of amides is 1. The Morgan fingerprint density at radius 2 is 2.00 bits per heavy atom. The predicted molar refractivity (Wildman–Crippen MR) is 84.2 cm³/mol. The van der Waals surface area contributed by atoms with Crippen molar-refractivity contribution in [3.63, 3.8) is 0 Å². The number of methoxy groups -OCH3 is 1. The quantitative estimate of drug-likeness (QED) is 0.827. The van der Waals surface area contributed by atoms with Gasteiger partial charge in [0.1, 0.15) is 0 Å². The molecule has 0 radical (unpaired) electrons. The molecule has 1 N–H and O–H groups in total. The fourth-order valence-electron chi connectivity index (χ4n) is 2.60. The SMILES string of the molecule is CO[C@]1(C)C[C@@H](NC(=O)c2ccccc2I)C1(C)C. The average Bonchev–Trinajstić information content (AvgIpc) is 2.38. The van der Waals surface area contributed by atoms with Crippen molar-refractivity contribution in [2.45, 2.75) is 38.8 Å². The van der Waals surface area contributed by atoms with E-state index in [1.54, 1.807) is 7.11 Å². The number of benzene rings is 1. The monoisotopic (exact) mass is 373 g/mol. The van der Waals surface area contributed by atoms with Crippen molar-refractivity contribution < 1.29 is 9.53 Å². The van der Waals surface area contributed by atoms with Crippen LogP contribution >= 0.6 is 22.6 Å². The Balaban J connectivity index is 2.09. The third-order valence-electron chi connectivity index (χ3n) is 4.70. The van der Waals surface area contributed by atoms with E-state index in [4.69, 9.17) is 4.74 Å². The average molecular weight is 373 g/mol. The summed E-state index contributed by atoms with van der Waals surface area (Å²) in [6.07, 6.45) is 0.853. The molecule has 1 aliphatic rings. The molecule has 0 unspecified atom stereocenters. The molecule has 1 fully saturated rings. The maximum Gasteiger partial charge on any atom is 0.252 e. The van der Waals surface area contributed by atoms with Gasteiger partial charge in [0.2, 0.25) is 0 Å². The van der Waals surface area contributed by atoms with Crippen molar-refractivity contribution in [3.05, 3.63) is 33.4 Å². The summed E-state index contributed by atoms with van der Waals surface area (Å²) in [7, 11) is 1.74. The normalized spacial score (nSPS) is 28.6. The van der Waals surface area contributed by atoms with Crippen LogP contribution in [0.5, 0.6) is 0 Å². The van der Waals surface area contributed by atoms with Crippen LogP contribution in [0.1, 0.15) is 37.6 Å². The number of carbonyl (C=O) groups excluding carboxylic acids is 1. The van der Waals surface area contributed by atoms with Gasteiger partial charge < -0.3 is 10.1 Å². The Kier molecular flexibility index (Phi) is 3.93. The van der Waals surface area contributed by atoms with E-state index in [1.165, 1.54) is 0 Å². The molecule has 4 heteroatoms. The molecule has 3 nitrogen and oxygen atoms in total. The highest BCUT2D eigenvalue weighted by molar-refractivity contribution is 14.1. The van der Waals surface area contributed by atoms with Crippen LogP contribution < -0.4 is 5.32 Å². The standard InChI is InChI=1S/C15H20INO2/c1-14(2)12(9-15(14,3)19-4)17-13(18)10-7-5-6-8-11(10)16/h5-8,12H,9H2,1-4H3,(H,17,18)/t12-,15-/m1/s1. The van der Waals surface area contributed by atoms with Gasteiger partial charge >= 0.3 is 0 Å². The number of rotatable bonds is 3. The maximum atomic E-state index is 12.3. The van der Waals surface area contributed by atoms with Crippen LogP contribution in [0.15, 0.2) is 24.3 Å². The first-order valence-electron chi connectivity index (χ1n) is 6.42. The van der Waals surface area contributed by atoms with E-state index < -0.39 is 0 Å². The lowest BCUT2D eigenvalue weighted by Crippen LogP contribution is -2.68. The zero-order chi connectivity index (χ0) is 14.3. The molecule has 0 aromatic heterocycles. The molecule has 104 valence electrons. The third-order valence-corrected chi connectivity index (χ3v) is 5.64. The zero-order valence-electron chi connectivity index (χ0n) is 11.8. The Hall–Kier alpha value is -0.620. The van der Waals surface area contributed by atoms with Crippen LogP contribution in [0.25, 0.3) is 0 Å². The molecule has 2 atom stereocenters. The van der Waals surface area contributed by atoms with Crippen LogP contribution in [0.2, 0.25) is 0 Å². The number of carbonyl (C=O) groups is 1. The van der Waals surface area contributed by atoms with Crippen LogP contribution in [0.4, 0.5) is 0 Å². The Morgan fingerprint density at radius 1 is 1.37 bits per heavy atom. The predicted octanol–water partition coefficient (Wildman–Crippen LogP) is 3.22. The number of hydrogen-bond acceptors (Lipinski definition) is 2. The van der Waals surface area contributed by atoms with Gasteiger partial charge in [-0.05, 0) is 48.1 Å². The second-order valence-electron chi connectivity index (χ2n) is 5.87. The smallest absolute Gasteiger partial charge is 0.252 e. The second-order valence-corrected chi connectivity index (χ2v) is 7.03. The molecule has 1 aliphatic carbocycles. The topological polar surface area (TPSA) is 38.3 Å². The highest BCUT2D eigenvalue weighted by atomic mass is 127. The van der Waals surface area contributed by atoms with E-state index in [1.807, 2.05) is 24.3 Å². The lowest BCUT2D eigenvalue weighted by Gasteiger charge is -2.59. The van der Waals surface area contributed by atoms with Crippen molar-refractivity contribution in [1.82, 2.24) is 5.32 Å². The molecule has 0 spiro atoms. The van der Waals surface area contributed by atoms with Crippen LogP contribution in [0.3, 0.4) is 0 Å². The van der Waals surface area contributed by atoms with Crippen LogP contribution in [0, 0.1) is 8.99 Å². The number of halogens is 1. The van der Waals surface area contributed by atoms with E-state index >= 15 is 0 Å². The number of nitrogens with one attached hydrogen (secondary N) is 1. The lowest BCUT2D eigenvalue weighted by atomic mass is 9.56. The first kappa shape index (κ1) is 14.8. The molecule has 1 aromatic carbocycles. The molecule has 0 heterocycles. The number of hydrogen-bond donors (Lipinski definition) is 1. The molecule has 19 heavy (non-hydrogen) atoms. The van der Waals surface area contributed by atoms with Gasteiger partial charge in [0, 0.05) is 22.1 Å². The zero-order valence-corrected chi connectivity index (χ0v) is 13.9. The Bertz CT molecular complexity index is 501. The minimum absolute atomic E-state index is 0.00114. The van der Waals surface area contributed by atoms with Gasteiger partial charge in [-0.25, -0.2) is 0 Å². The van der Waals surface area contributed by atoms with Crippen molar-refractivity contribution in [3.8, 4) is 0 Å². The van der Waals surface area contributed by atoms with Crippen molar-refractivity contribution in [1.29, 1.82) is 0 Å². The summed E-state index contributed by atoms with van der Waals surface area (Å²) in [5.41, 5.74) is 0.525. The van der Waals surface area contributed by atoms with Crippen LogP contribution in [-0.4, -0.2) is 24.7 Å². The molecule has 2 rings (SSSR count). The Labute approximate surface area is 128 Å². The summed E-state index contributed by atoms with van der Waals surface area (Å²) in [5.74, 6) is 0.00114. The fraction of sp³-hybridized carbons (Fsp3) is 0.533. The molecule has 0 bridgehead atoms. The van der Waals surface area contributed by atoms with Crippen LogP contribution in [-0.2, 0) is 4.74 Å². The number of ether oxygens (including phenoxy) is 1. The molecule has 1 saturated carbocycles. The molecule has 0 aliphatic heterocycles. The van der Waals surface area contributed by atoms with E-state index in [0.717, 1.165) is 15.6 Å². The van der Waals surface area contributed by atoms with Gasteiger partial charge in [0.25, 0.3) is 5.91 Å². The molecular weight excluding hydrogens is 353 g/mol. The fourth-order valence-corrected chi connectivity index (χ4v) is 3.24. The van der Waals surface area contributed by atoms with Gasteiger partial charge in [-0.1, -0.05) is 26.0 Å². The van der Waals surface area contributed by atoms with Gasteiger partial charge in [-0.3, -0.25) is 4.79 Å². The summed E-state index contributed by atoms with van der Waals surface area (Å²) in [4.78, 5) is 12.3. The summed E-state index contributed by atoms with van der Waals surface area (Å²) in [6, 6.07) is 7.79. The largest absolute Gasteiger partial charge is 0.378 e. The maximum absolute atomic E-state index is 12.3. The first-order valence-corrected chi connectivity index (χ1v) is 7.50. The van der Waals surface area contributed by atoms with Crippen molar-refractivity contribution in [2.75, 3.05) is 7.11 Å². The molecule has 1 amide bonds. The summed E-state index contributed by atoms with van der Waals surface area (Å²) in [5, 5.41) is 3.13. The summed E-state index contributed by atoms with van der Waals surface area (Å²) in [6.45, 7) is 6.38.